The maximum Gasteiger partial charge on any atom is 0.225 e. The van der Waals surface area contributed by atoms with Crippen LogP contribution in [0.25, 0.3) is 0 Å². The quantitative estimate of drug-likeness (QED) is 0.652. The number of carbonyl (C=O) groups is 1. The molecular weight excluding hydrogens is 388 g/mol. The van der Waals surface area contributed by atoms with Gasteiger partial charge < -0.3 is 15.4 Å². The molecule has 1 aliphatic heterocycles. The van der Waals surface area contributed by atoms with Gasteiger partial charge in [0.05, 0.1) is 12.1 Å². The van der Waals surface area contributed by atoms with E-state index in [4.69, 9.17) is 4.74 Å². The fourth-order valence-corrected chi connectivity index (χ4v) is 3.56. The number of halogens is 1. The van der Waals surface area contributed by atoms with E-state index in [0.29, 0.717) is 13.1 Å². The lowest BCUT2D eigenvalue weighted by atomic mass is 9.90. The van der Waals surface area contributed by atoms with Crippen LogP contribution in [0.4, 0.5) is 0 Å². The lowest BCUT2D eigenvalue weighted by Crippen LogP contribution is -2.33. The Morgan fingerprint density at radius 3 is 2.55 bits per heavy atom. The third-order valence-corrected chi connectivity index (χ3v) is 5.07. The number of para-hydroxylation sites is 1. The van der Waals surface area contributed by atoms with Crippen LogP contribution < -0.4 is 15.4 Å². The van der Waals surface area contributed by atoms with Crippen molar-refractivity contribution in [2.75, 3.05) is 13.1 Å². The molecule has 1 amide bonds. The highest BCUT2D eigenvalue weighted by Crippen LogP contribution is 2.28. The predicted molar refractivity (Wildman–Crippen MR) is 114 cm³/mol. The highest BCUT2D eigenvalue weighted by atomic mass is 35.5. The molecule has 2 atom stereocenters. The summed E-state index contributed by atoms with van der Waals surface area (Å²) in [7, 11) is 1.89. The zero-order valence-corrected chi connectivity index (χ0v) is 17.1. The number of hydrogen-bond acceptors (Lipinski definition) is 4. The number of benzene rings is 2. The molecule has 1 saturated heterocycles. The maximum atomic E-state index is 12.7. The van der Waals surface area contributed by atoms with Gasteiger partial charge in [0.2, 0.25) is 5.91 Å². The van der Waals surface area contributed by atoms with Crippen molar-refractivity contribution in [3.63, 3.8) is 0 Å². The van der Waals surface area contributed by atoms with Crippen molar-refractivity contribution >= 4 is 18.3 Å². The second-order valence-electron chi connectivity index (χ2n) is 7.10. The molecule has 29 heavy (non-hydrogen) atoms. The SMILES string of the molecule is Cl.Cn1cc([C@H]2CNC[C@@H]2C(=O)NCc2ccc(Oc3ccccc3)cc2)cn1. The van der Waals surface area contributed by atoms with Gasteiger partial charge in [0.1, 0.15) is 11.5 Å². The summed E-state index contributed by atoms with van der Waals surface area (Å²) >= 11 is 0. The average molecular weight is 413 g/mol. The third-order valence-electron chi connectivity index (χ3n) is 5.07. The predicted octanol–water partition coefficient (Wildman–Crippen LogP) is 3.25. The fourth-order valence-electron chi connectivity index (χ4n) is 3.56. The van der Waals surface area contributed by atoms with Crippen LogP contribution in [0.3, 0.4) is 0 Å². The summed E-state index contributed by atoms with van der Waals surface area (Å²) in [6.07, 6.45) is 3.84. The number of ether oxygens (including phenoxy) is 1. The van der Waals surface area contributed by atoms with Crippen molar-refractivity contribution in [2.24, 2.45) is 13.0 Å². The zero-order chi connectivity index (χ0) is 19.3. The van der Waals surface area contributed by atoms with Crippen LogP contribution in [-0.2, 0) is 18.4 Å². The van der Waals surface area contributed by atoms with Crippen molar-refractivity contribution in [3.8, 4) is 11.5 Å². The first-order chi connectivity index (χ1) is 13.7. The lowest BCUT2D eigenvalue weighted by molar-refractivity contribution is -0.125. The molecule has 1 aromatic heterocycles. The molecule has 6 nitrogen and oxygen atoms in total. The van der Waals surface area contributed by atoms with Gasteiger partial charge >= 0.3 is 0 Å². The summed E-state index contributed by atoms with van der Waals surface area (Å²) in [6.45, 7) is 1.99. The normalized spacial score (nSPS) is 18.1. The number of nitrogens with one attached hydrogen (secondary N) is 2. The summed E-state index contributed by atoms with van der Waals surface area (Å²) in [5.74, 6) is 1.74. The highest BCUT2D eigenvalue weighted by Gasteiger charge is 2.34. The maximum absolute atomic E-state index is 12.7. The molecule has 0 spiro atoms. The van der Waals surface area contributed by atoms with E-state index in [-0.39, 0.29) is 30.2 Å². The number of nitrogens with zero attached hydrogens (tertiary/aromatic N) is 2. The average Bonchev–Trinajstić information content (AvgIpc) is 3.37. The van der Waals surface area contributed by atoms with Gasteiger partial charge in [0.15, 0.2) is 0 Å². The number of aryl methyl sites for hydroxylation is 1. The number of carbonyl (C=O) groups excluding carboxylic acids is 1. The topological polar surface area (TPSA) is 68.2 Å². The first-order valence-corrected chi connectivity index (χ1v) is 9.48. The first kappa shape index (κ1) is 20.9. The Balaban J connectivity index is 0.00000240. The van der Waals surface area contributed by atoms with Crippen LogP contribution in [0.2, 0.25) is 0 Å². The van der Waals surface area contributed by atoms with Gasteiger partial charge in [-0.3, -0.25) is 9.48 Å². The van der Waals surface area contributed by atoms with Gasteiger partial charge in [-0.1, -0.05) is 30.3 Å². The lowest BCUT2D eigenvalue weighted by Gasteiger charge is -2.17. The Bertz CT molecular complexity index is 928. The minimum absolute atomic E-state index is 0. The second-order valence-corrected chi connectivity index (χ2v) is 7.10. The Kier molecular flexibility index (Phi) is 6.90. The molecule has 3 aromatic rings. The van der Waals surface area contributed by atoms with Crippen molar-refractivity contribution in [3.05, 3.63) is 78.1 Å². The minimum atomic E-state index is -0.0788. The molecule has 7 heteroatoms. The molecule has 0 bridgehead atoms. The van der Waals surface area contributed by atoms with E-state index in [1.165, 1.54) is 0 Å². The number of rotatable bonds is 6. The third kappa shape index (κ3) is 5.16. The van der Waals surface area contributed by atoms with Crippen LogP contribution in [-0.4, -0.2) is 28.8 Å². The van der Waals surface area contributed by atoms with Crippen molar-refractivity contribution in [2.45, 2.75) is 12.5 Å². The standard InChI is InChI=1S/C22H24N4O2.ClH/c1-26-15-17(12-25-26)20-13-23-14-21(20)22(27)24-11-16-7-9-19(10-8-16)28-18-5-3-2-4-6-18;/h2-10,12,15,20-21,23H,11,13-14H2,1H3,(H,24,27);1H/t20-,21+;/m1./s1. The molecular formula is C22H25ClN4O2. The Hall–Kier alpha value is -2.83. The van der Waals surface area contributed by atoms with E-state index in [1.54, 1.807) is 4.68 Å². The molecule has 1 fully saturated rings. The van der Waals surface area contributed by atoms with Crippen molar-refractivity contribution < 1.29 is 9.53 Å². The van der Waals surface area contributed by atoms with Crippen molar-refractivity contribution in [1.82, 2.24) is 20.4 Å². The van der Waals surface area contributed by atoms with Gasteiger partial charge in [0.25, 0.3) is 0 Å². The second kappa shape index (κ2) is 9.58. The molecule has 0 aliphatic carbocycles. The van der Waals surface area contributed by atoms with Crippen LogP contribution in [0.15, 0.2) is 67.0 Å². The number of hydrogen-bond donors (Lipinski definition) is 2. The molecule has 0 unspecified atom stereocenters. The molecule has 2 aromatic carbocycles. The van der Waals surface area contributed by atoms with Crippen LogP contribution >= 0.6 is 12.4 Å². The summed E-state index contributed by atoms with van der Waals surface area (Å²) in [6, 6.07) is 17.5. The monoisotopic (exact) mass is 412 g/mol. The summed E-state index contributed by atoms with van der Waals surface area (Å²) in [5.41, 5.74) is 2.15. The summed E-state index contributed by atoms with van der Waals surface area (Å²) in [4.78, 5) is 12.7. The molecule has 0 radical (unpaired) electrons. The van der Waals surface area contributed by atoms with E-state index in [2.05, 4.69) is 15.7 Å². The summed E-state index contributed by atoms with van der Waals surface area (Å²) in [5, 5.41) is 10.6. The Morgan fingerprint density at radius 1 is 1.14 bits per heavy atom. The van der Waals surface area contributed by atoms with E-state index in [1.807, 2.05) is 74.0 Å². The highest BCUT2D eigenvalue weighted by molar-refractivity contribution is 5.85. The number of aromatic nitrogens is 2. The van der Waals surface area contributed by atoms with E-state index < -0.39 is 0 Å². The molecule has 2 N–H and O–H groups in total. The van der Waals surface area contributed by atoms with Gasteiger partial charge in [-0.15, -0.1) is 12.4 Å². The first-order valence-electron chi connectivity index (χ1n) is 9.48. The number of amides is 1. The van der Waals surface area contributed by atoms with Gasteiger partial charge in [0, 0.05) is 38.8 Å². The minimum Gasteiger partial charge on any atom is -0.457 e. The Labute approximate surface area is 176 Å². The van der Waals surface area contributed by atoms with Crippen LogP contribution in [0.1, 0.15) is 17.0 Å². The molecule has 0 saturated carbocycles. The van der Waals surface area contributed by atoms with Crippen LogP contribution in [0, 0.1) is 5.92 Å². The van der Waals surface area contributed by atoms with Gasteiger partial charge in [-0.2, -0.15) is 5.10 Å². The molecule has 4 rings (SSSR count). The van der Waals surface area contributed by atoms with E-state index in [0.717, 1.165) is 29.2 Å². The largest absolute Gasteiger partial charge is 0.457 e. The van der Waals surface area contributed by atoms with Gasteiger partial charge in [-0.25, -0.2) is 0 Å². The molecule has 152 valence electrons. The molecule has 2 heterocycles. The van der Waals surface area contributed by atoms with Gasteiger partial charge in [-0.05, 0) is 35.4 Å². The smallest absolute Gasteiger partial charge is 0.225 e. The fraction of sp³-hybridized carbons (Fsp3) is 0.273. The van der Waals surface area contributed by atoms with E-state index >= 15 is 0 Å². The zero-order valence-electron chi connectivity index (χ0n) is 16.2. The summed E-state index contributed by atoms with van der Waals surface area (Å²) < 4.78 is 7.58. The molecule has 1 aliphatic rings. The van der Waals surface area contributed by atoms with Crippen LogP contribution in [0.5, 0.6) is 11.5 Å². The van der Waals surface area contributed by atoms with E-state index in [9.17, 15) is 4.79 Å². The Morgan fingerprint density at radius 2 is 1.86 bits per heavy atom. The van der Waals surface area contributed by atoms with Crippen molar-refractivity contribution in [1.29, 1.82) is 0 Å².